The minimum Gasteiger partial charge on any atom is -0.496 e. The van der Waals surface area contributed by atoms with E-state index in [1.165, 1.54) is 11.1 Å². The summed E-state index contributed by atoms with van der Waals surface area (Å²) in [5.41, 5.74) is 3.47. The second-order valence-electron chi connectivity index (χ2n) is 7.40. The molecule has 0 saturated carbocycles. The molecule has 0 aliphatic carbocycles. The third-order valence-corrected chi connectivity index (χ3v) is 5.59. The van der Waals surface area contributed by atoms with Crippen molar-refractivity contribution < 1.29 is 18.9 Å². The lowest BCUT2D eigenvalue weighted by Crippen LogP contribution is -2.48. The lowest BCUT2D eigenvalue weighted by molar-refractivity contribution is -0.00829. The van der Waals surface area contributed by atoms with Crippen molar-refractivity contribution in [3.8, 4) is 17.2 Å². The molecule has 0 bridgehead atoms. The number of morpholine rings is 1. The number of halogens is 1. The summed E-state index contributed by atoms with van der Waals surface area (Å²) in [5, 5.41) is 3.48. The van der Waals surface area contributed by atoms with Gasteiger partial charge >= 0.3 is 0 Å². The monoisotopic (exact) mass is 555 g/mol. The van der Waals surface area contributed by atoms with Gasteiger partial charge in [0.15, 0.2) is 5.96 Å². The number of methoxy groups -OCH3 is 3. The number of aliphatic imine (C=N–C) groups is 1. The molecule has 1 unspecified atom stereocenters. The zero-order valence-electron chi connectivity index (χ0n) is 19.5. The van der Waals surface area contributed by atoms with Gasteiger partial charge in [-0.25, -0.2) is 0 Å². The molecule has 0 aromatic heterocycles. The molecule has 0 amide bonds. The molecule has 0 radical (unpaired) electrons. The maximum Gasteiger partial charge on any atom is 0.193 e. The van der Waals surface area contributed by atoms with Gasteiger partial charge < -0.3 is 29.2 Å². The number of aryl methyl sites for hydroxylation is 1. The van der Waals surface area contributed by atoms with Crippen LogP contribution in [0.4, 0.5) is 0 Å². The highest BCUT2D eigenvalue weighted by Crippen LogP contribution is 2.34. The zero-order valence-corrected chi connectivity index (χ0v) is 21.8. The highest BCUT2D eigenvalue weighted by atomic mass is 127. The molecule has 3 rings (SSSR count). The van der Waals surface area contributed by atoms with Crippen LogP contribution in [0.25, 0.3) is 0 Å². The standard InChI is InChI=1S/C24H33N3O4.HI/c1-17-8-6-7-9-19(17)23-16-27(12-13-31-23)24(25-2)26-11-10-20-21(29-4)14-18(28-3)15-22(20)30-5;/h6-9,14-15,23H,10-13,16H2,1-5H3,(H,25,26);1H. The van der Waals surface area contributed by atoms with Crippen molar-refractivity contribution in [1.82, 2.24) is 10.2 Å². The summed E-state index contributed by atoms with van der Waals surface area (Å²) >= 11 is 0. The Hall–Kier alpha value is -2.20. The molecule has 176 valence electrons. The largest absolute Gasteiger partial charge is 0.496 e. The van der Waals surface area contributed by atoms with Gasteiger partial charge in [0.25, 0.3) is 0 Å². The number of guanidine groups is 1. The minimum absolute atomic E-state index is 0. The third kappa shape index (κ3) is 6.19. The van der Waals surface area contributed by atoms with E-state index in [0.717, 1.165) is 42.5 Å². The van der Waals surface area contributed by atoms with Gasteiger partial charge in [-0.1, -0.05) is 24.3 Å². The van der Waals surface area contributed by atoms with Crippen LogP contribution in [0.1, 0.15) is 22.8 Å². The Morgan fingerprint density at radius 2 is 1.81 bits per heavy atom. The lowest BCUT2D eigenvalue weighted by Gasteiger charge is -2.35. The average Bonchev–Trinajstić information content (AvgIpc) is 2.81. The van der Waals surface area contributed by atoms with Crippen molar-refractivity contribution in [2.24, 2.45) is 4.99 Å². The van der Waals surface area contributed by atoms with Crippen LogP contribution in [0.3, 0.4) is 0 Å². The molecule has 1 atom stereocenters. The van der Waals surface area contributed by atoms with E-state index in [-0.39, 0.29) is 30.1 Å². The Labute approximate surface area is 208 Å². The van der Waals surface area contributed by atoms with Gasteiger partial charge in [-0.05, 0) is 24.5 Å². The molecule has 32 heavy (non-hydrogen) atoms. The molecule has 0 spiro atoms. The van der Waals surface area contributed by atoms with E-state index in [1.54, 1.807) is 21.3 Å². The lowest BCUT2D eigenvalue weighted by atomic mass is 10.0. The first-order chi connectivity index (χ1) is 15.1. The van der Waals surface area contributed by atoms with E-state index in [0.29, 0.717) is 18.9 Å². The van der Waals surface area contributed by atoms with Crippen LogP contribution in [-0.2, 0) is 11.2 Å². The number of benzene rings is 2. The van der Waals surface area contributed by atoms with Crippen molar-refractivity contribution in [2.75, 3.05) is 54.6 Å². The smallest absolute Gasteiger partial charge is 0.193 e. The van der Waals surface area contributed by atoms with Gasteiger partial charge in [0.1, 0.15) is 23.4 Å². The van der Waals surface area contributed by atoms with E-state index in [2.05, 4.69) is 46.4 Å². The molecule has 7 nitrogen and oxygen atoms in total. The molecule has 1 saturated heterocycles. The highest BCUT2D eigenvalue weighted by Gasteiger charge is 2.25. The molecule has 1 aliphatic rings. The van der Waals surface area contributed by atoms with Gasteiger partial charge in [0.2, 0.25) is 0 Å². The number of nitrogens with zero attached hydrogens (tertiary/aromatic N) is 2. The fraction of sp³-hybridized carbons (Fsp3) is 0.458. The maximum atomic E-state index is 6.06. The molecule has 1 fully saturated rings. The van der Waals surface area contributed by atoms with E-state index < -0.39 is 0 Å². The molecule has 1 aliphatic heterocycles. The van der Waals surface area contributed by atoms with Crippen molar-refractivity contribution in [2.45, 2.75) is 19.4 Å². The highest BCUT2D eigenvalue weighted by molar-refractivity contribution is 14.0. The fourth-order valence-corrected chi connectivity index (χ4v) is 3.93. The Balaban J connectivity index is 0.00000363. The molecule has 2 aromatic rings. The maximum absolute atomic E-state index is 6.06. The van der Waals surface area contributed by atoms with Crippen LogP contribution in [-0.4, -0.2) is 65.5 Å². The summed E-state index contributed by atoms with van der Waals surface area (Å²) in [4.78, 5) is 6.75. The van der Waals surface area contributed by atoms with Gasteiger partial charge in [0.05, 0.1) is 34.5 Å². The van der Waals surface area contributed by atoms with Crippen LogP contribution in [0, 0.1) is 6.92 Å². The summed E-state index contributed by atoms with van der Waals surface area (Å²) in [6.45, 7) is 5.05. The van der Waals surface area contributed by atoms with Crippen LogP contribution in [0.2, 0.25) is 0 Å². The minimum atomic E-state index is 0. The first-order valence-electron chi connectivity index (χ1n) is 10.5. The summed E-state index contributed by atoms with van der Waals surface area (Å²) in [6, 6.07) is 12.1. The van der Waals surface area contributed by atoms with Gasteiger partial charge in [-0.2, -0.15) is 0 Å². The molecule has 8 heteroatoms. The SMILES string of the molecule is CN=C(NCCc1c(OC)cc(OC)cc1OC)N1CCOC(c2ccccc2C)C1.I. The van der Waals surface area contributed by atoms with Gasteiger partial charge in [0, 0.05) is 37.8 Å². The second kappa shape index (κ2) is 12.7. The zero-order chi connectivity index (χ0) is 22.2. The van der Waals surface area contributed by atoms with Gasteiger partial charge in [-0.15, -0.1) is 24.0 Å². The van der Waals surface area contributed by atoms with Crippen LogP contribution in [0.5, 0.6) is 17.2 Å². The van der Waals surface area contributed by atoms with Crippen LogP contribution < -0.4 is 19.5 Å². The van der Waals surface area contributed by atoms with E-state index >= 15 is 0 Å². The Bertz CT molecular complexity index is 882. The summed E-state index contributed by atoms with van der Waals surface area (Å²) < 4.78 is 22.5. The van der Waals surface area contributed by atoms with E-state index in [1.807, 2.05) is 19.2 Å². The molecule has 1 N–H and O–H groups in total. The summed E-state index contributed by atoms with van der Waals surface area (Å²) in [6.07, 6.45) is 0.760. The summed E-state index contributed by atoms with van der Waals surface area (Å²) in [5.74, 6) is 3.07. The molecule has 2 aromatic carbocycles. The van der Waals surface area contributed by atoms with Crippen LogP contribution >= 0.6 is 24.0 Å². The van der Waals surface area contributed by atoms with Crippen LogP contribution in [0.15, 0.2) is 41.4 Å². The predicted octanol–water partition coefficient (Wildman–Crippen LogP) is 3.83. The normalized spacial score (nSPS) is 16.2. The third-order valence-electron chi connectivity index (χ3n) is 5.59. The number of hydrogen-bond donors (Lipinski definition) is 1. The average molecular weight is 555 g/mol. The van der Waals surface area contributed by atoms with E-state index in [9.17, 15) is 0 Å². The first-order valence-corrected chi connectivity index (χ1v) is 10.5. The topological polar surface area (TPSA) is 64.6 Å². The van der Waals surface area contributed by atoms with Crippen molar-refractivity contribution in [3.05, 3.63) is 53.1 Å². The van der Waals surface area contributed by atoms with Crippen molar-refractivity contribution in [1.29, 1.82) is 0 Å². The Morgan fingerprint density at radius 1 is 1.12 bits per heavy atom. The predicted molar refractivity (Wildman–Crippen MR) is 138 cm³/mol. The quantitative estimate of drug-likeness (QED) is 0.319. The first kappa shape index (κ1) is 26.1. The van der Waals surface area contributed by atoms with E-state index in [4.69, 9.17) is 18.9 Å². The van der Waals surface area contributed by atoms with Crippen molar-refractivity contribution in [3.63, 3.8) is 0 Å². The molecular formula is C24H34IN3O4. The molecular weight excluding hydrogens is 521 g/mol. The van der Waals surface area contributed by atoms with Gasteiger partial charge in [-0.3, -0.25) is 4.99 Å². The number of hydrogen-bond acceptors (Lipinski definition) is 5. The fourth-order valence-electron chi connectivity index (χ4n) is 3.93. The Morgan fingerprint density at radius 3 is 2.41 bits per heavy atom. The Kier molecular flexibility index (Phi) is 10.4. The number of rotatable bonds is 7. The summed E-state index contributed by atoms with van der Waals surface area (Å²) in [7, 11) is 6.76. The second-order valence-corrected chi connectivity index (χ2v) is 7.40. The molecule has 1 heterocycles. The number of nitrogens with one attached hydrogen (secondary N) is 1. The van der Waals surface area contributed by atoms with Crippen molar-refractivity contribution >= 4 is 29.9 Å². The number of ether oxygens (including phenoxy) is 4.